The first-order valence-electron chi connectivity index (χ1n) is 6.59. The summed E-state index contributed by atoms with van der Waals surface area (Å²) < 4.78 is 0. The fourth-order valence-electron chi connectivity index (χ4n) is 2.66. The zero-order valence-corrected chi connectivity index (χ0v) is 10.4. The van der Waals surface area contributed by atoms with Gasteiger partial charge in [0.15, 0.2) is 0 Å². The SMILES string of the molecule is O=C1CCC(Nc2cccc3ccccc23)CC1. The summed E-state index contributed by atoms with van der Waals surface area (Å²) in [6.07, 6.45) is 3.37. The monoisotopic (exact) mass is 239 g/mol. The van der Waals surface area contributed by atoms with Crippen LogP contribution >= 0.6 is 0 Å². The smallest absolute Gasteiger partial charge is 0.133 e. The van der Waals surface area contributed by atoms with Gasteiger partial charge in [0.2, 0.25) is 0 Å². The van der Waals surface area contributed by atoms with Crippen LogP contribution in [-0.2, 0) is 4.79 Å². The summed E-state index contributed by atoms with van der Waals surface area (Å²) in [7, 11) is 0. The zero-order chi connectivity index (χ0) is 12.4. The Hall–Kier alpha value is -1.83. The maximum absolute atomic E-state index is 11.2. The normalized spacial score (nSPS) is 17.0. The van der Waals surface area contributed by atoms with Gasteiger partial charge in [0.05, 0.1) is 0 Å². The van der Waals surface area contributed by atoms with E-state index in [1.54, 1.807) is 0 Å². The second kappa shape index (κ2) is 4.81. The summed E-state index contributed by atoms with van der Waals surface area (Å²) in [5, 5.41) is 6.11. The molecule has 1 aliphatic rings. The second-order valence-corrected chi connectivity index (χ2v) is 4.98. The van der Waals surface area contributed by atoms with E-state index < -0.39 is 0 Å². The van der Waals surface area contributed by atoms with Gasteiger partial charge in [-0.1, -0.05) is 36.4 Å². The van der Waals surface area contributed by atoms with E-state index in [9.17, 15) is 4.79 Å². The molecule has 0 amide bonds. The Labute approximate surface area is 107 Å². The summed E-state index contributed by atoms with van der Waals surface area (Å²) >= 11 is 0. The molecule has 0 atom stereocenters. The zero-order valence-electron chi connectivity index (χ0n) is 10.4. The Morgan fingerprint density at radius 3 is 2.50 bits per heavy atom. The van der Waals surface area contributed by atoms with Gasteiger partial charge in [0, 0.05) is 30.0 Å². The van der Waals surface area contributed by atoms with E-state index >= 15 is 0 Å². The fourth-order valence-corrected chi connectivity index (χ4v) is 2.66. The van der Waals surface area contributed by atoms with Crippen molar-refractivity contribution in [3.8, 4) is 0 Å². The molecular formula is C16H17NO. The van der Waals surface area contributed by atoms with E-state index in [0.29, 0.717) is 11.8 Å². The highest BCUT2D eigenvalue weighted by Gasteiger charge is 2.18. The molecule has 1 saturated carbocycles. The number of carbonyl (C=O) groups is 1. The van der Waals surface area contributed by atoms with Crippen molar-refractivity contribution in [1.82, 2.24) is 0 Å². The third-order valence-corrected chi connectivity index (χ3v) is 3.69. The number of anilines is 1. The van der Waals surface area contributed by atoms with Crippen LogP contribution in [0.4, 0.5) is 5.69 Å². The third kappa shape index (κ3) is 2.23. The first kappa shape index (κ1) is 11.3. The molecule has 0 bridgehead atoms. The molecule has 0 saturated heterocycles. The van der Waals surface area contributed by atoms with E-state index in [4.69, 9.17) is 0 Å². The van der Waals surface area contributed by atoms with Crippen molar-refractivity contribution in [2.75, 3.05) is 5.32 Å². The van der Waals surface area contributed by atoms with Crippen LogP contribution in [0.3, 0.4) is 0 Å². The number of benzene rings is 2. The highest BCUT2D eigenvalue weighted by molar-refractivity contribution is 5.94. The Bertz CT molecular complexity index is 561. The van der Waals surface area contributed by atoms with Crippen LogP contribution in [0.2, 0.25) is 0 Å². The largest absolute Gasteiger partial charge is 0.382 e. The standard InChI is InChI=1S/C16H17NO/c18-14-10-8-13(9-11-14)17-16-7-3-5-12-4-1-2-6-15(12)16/h1-7,13,17H,8-11H2. The molecule has 92 valence electrons. The quantitative estimate of drug-likeness (QED) is 0.864. The molecule has 18 heavy (non-hydrogen) atoms. The lowest BCUT2D eigenvalue weighted by Gasteiger charge is -2.24. The minimum Gasteiger partial charge on any atom is -0.382 e. The number of ketones is 1. The topological polar surface area (TPSA) is 29.1 Å². The number of nitrogens with one attached hydrogen (secondary N) is 1. The molecule has 0 spiro atoms. The van der Waals surface area contributed by atoms with Crippen molar-refractivity contribution >= 4 is 22.2 Å². The van der Waals surface area contributed by atoms with Gasteiger partial charge < -0.3 is 5.32 Å². The molecule has 0 heterocycles. The van der Waals surface area contributed by atoms with Gasteiger partial charge in [-0.2, -0.15) is 0 Å². The fraction of sp³-hybridized carbons (Fsp3) is 0.312. The average Bonchev–Trinajstić information content (AvgIpc) is 2.42. The Morgan fingerprint density at radius 2 is 1.67 bits per heavy atom. The Balaban J connectivity index is 1.84. The molecule has 0 unspecified atom stereocenters. The molecule has 0 aromatic heterocycles. The maximum atomic E-state index is 11.2. The second-order valence-electron chi connectivity index (χ2n) is 4.98. The van der Waals surface area contributed by atoms with Crippen molar-refractivity contribution < 1.29 is 4.79 Å². The maximum Gasteiger partial charge on any atom is 0.133 e. The van der Waals surface area contributed by atoms with Crippen molar-refractivity contribution in [3.63, 3.8) is 0 Å². The molecule has 1 fully saturated rings. The van der Waals surface area contributed by atoms with E-state index in [1.807, 2.05) is 0 Å². The molecule has 2 aromatic rings. The van der Waals surface area contributed by atoms with Gasteiger partial charge >= 0.3 is 0 Å². The van der Waals surface area contributed by atoms with Crippen LogP contribution in [0.5, 0.6) is 0 Å². The lowest BCUT2D eigenvalue weighted by atomic mass is 9.94. The van der Waals surface area contributed by atoms with E-state index in [-0.39, 0.29) is 0 Å². The minimum absolute atomic E-state index is 0.408. The van der Waals surface area contributed by atoms with E-state index in [0.717, 1.165) is 25.7 Å². The number of Topliss-reactive ketones (excluding diaryl/α,β-unsaturated/α-hetero) is 1. The predicted octanol–water partition coefficient (Wildman–Crippen LogP) is 3.76. The van der Waals surface area contributed by atoms with Crippen LogP contribution < -0.4 is 5.32 Å². The molecule has 1 N–H and O–H groups in total. The number of rotatable bonds is 2. The number of hydrogen-bond acceptors (Lipinski definition) is 2. The van der Waals surface area contributed by atoms with Gasteiger partial charge in [-0.25, -0.2) is 0 Å². The van der Waals surface area contributed by atoms with Gasteiger partial charge in [-0.15, -0.1) is 0 Å². The van der Waals surface area contributed by atoms with Crippen LogP contribution in [-0.4, -0.2) is 11.8 Å². The average molecular weight is 239 g/mol. The van der Waals surface area contributed by atoms with Gasteiger partial charge in [0.1, 0.15) is 5.78 Å². The van der Waals surface area contributed by atoms with Crippen LogP contribution in [0.25, 0.3) is 10.8 Å². The molecule has 0 radical (unpaired) electrons. The molecule has 3 rings (SSSR count). The number of fused-ring (bicyclic) bond motifs is 1. The van der Waals surface area contributed by atoms with Gasteiger partial charge in [-0.3, -0.25) is 4.79 Å². The van der Waals surface area contributed by atoms with Crippen LogP contribution in [0.15, 0.2) is 42.5 Å². The van der Waals surface area contributed by atoms with Crippen molar-refractivity contribution in [2.45, 2.75) is 31.7 Å². The van der Waals surface area contributed by atoms with Crippen molar-refractivity contribution in [2.24, 2.45) is 0 Å². The lowest BCUT2D eigenvalue weighted by Crippen LogP contribution is -2.26. The third-order valence-electron chi connectivity index (χ3n) is 3.69. The lowest BCUT2D eigenvalue weighted by molar-refractivity contribution is -0.120. The summed E-state index contributed by atoms with van der Waals surface area (Å²) in [5.41, 5.74) is 1.19. The van der Waals surface area contributed by atoms with Crippen molar-refractivity contribution in [3.05, 3.63) is 42.5 Å². The Kier molecular flexibility index (Phi) is 3.01. The first-order chi connectivity index (χ1) is 8.83. The highest BCUT2D eigenvalue weighted by atomic mass is 16.1. The number of carbonyl (C=O) groups excluding carboxylic acids is 1. The Morgan fingerprint density at radius 1 is 0.944 bits per heavy atom. The molecule has 2 aromatic carbocycles. The van der Waals surface area contributed by atoms with Gasteiger partial charge in [0.25, 0.3) is 0 Å². The first-order valence-corrected chi connectivity index (χ1v) is 6.59. The van der Waals surface area contributed by atoms with E-state index in [1.165, 1.54) is 16.5 Å². The van der Waals surface area contributed by atoms with Crippen molar-refractivity contribution in [1.29, 1.82) is 0 Å². The summed E-state index contributed by atoms with van der Waals surface area (Å²) in [4.78, 5) is 11.2. The summed E-state index contributed by atoms with van der Waals surface area (Å²) in [6.45, 7) is 0. The van der Waals surface area contributed by atoms with Crippen LogP contribution in [0.1, 0.15) is 25.7 Å². The molecule has 0 aliphatic heterocycles. The molecule has 2 nitrogen and oxygen atoms in total. The van der Waals surface area contributed by atoms with E-state index in [2.05, 4.69) is 47.8 Å². The minimum atomic E-state index is 0.408. The highest BCUT2D eigenvalue weighted by Crippen LogP contribution is 2.26. The predicted molar refractivity (Wildman–Crippen MR) is 74.8 cm³/mol. The van der Waals surface area contributed by atoms with Gasteiger partial charge in [-0.05, 0) is 24.3 Å². The number of hydrogen-bond donors (Lipinski definition) is 1. The summed E-state index contributed by atoms with van der Waals surface area (Å²) in [6, 6.07) is 15.2. The summed E-state index contributed by atoms with van der Waals surface area (Å²) in [5.74, 6) is 0.408. The molecule has 2 heteroatoms. The van der Waals surface area contributed by atoms with Crippen LogP contribution in [0, 0.1) is 0 Å². The molecule has 1 aliphatic carbocycles. The molecular weight excluding hydrogens is 222 g/mol.